The number of aliphatic hydroxyl groups is 1. The summed E-state index contributed by atoms with van der Waals surface area (Å²) in [5.74, 6) is -1.14. The van der Waals surface area contributed by atoms with E-state index in [1.54, 1.807) is 54.6 Å². The molecule has 0 heterocycles. The van der Waals surface area contributed by atoms with Crippen LogP contribution in [0.2, 0.25) is 0 Å². The van der Waals surface area contributed by atoms with E-state index < -0.39 is 17.6 Å². The minimum absolute atomic E-state index is 0.276. The Kier molecular flexibility index (Phi) is 6.46. The number of nitrogens with one attached hydrogen (secondary N) is 1. The van der Waals surface area contributed by atoms with Crippen molar-refractivity contribution >= 4 is 11.8 Å². The molecule has 0 aliphatic heterocycles. The molecule has 26 heavy (non-hydrogen) atoms. The molecule has 0 fully saturated rings. The summed E-state index contributed by atoms with van der Waals surface area (Å²) in [5.41, 5.74) is 16.2. The van der Waals surface area contributed by atoms with Crippen LogP contribution in [0.1, 0.15) is 23.1 Å². The van der Waals surface area contributed by atoms with Crippen molar-refractivity contribution in [2.75, 3.05) is 6.54 Å². The highest BCUT2D eigenvalue weighted by atomic mass is 16.3. The van der Waals surface area contributed by atoms with Crippen LogP contribution in [0, 0.1) is 0 Å². The Hall–Kier alpha value is -2.74. The molecule has 0 saturated heterocycles. The van der Waals surface area contributed by atoms with Gasteiger partial charge in [-0.25, -0.2) is 0 Å². The van der Waals surface area contributed by atoms with Gasteiger partial charge in [0.1, 0.15) is 0 Å². The van der Waals surface area contributed by atoms with Gasteiger partial charge >= 0.3 is 0 Å². The van der Waals surface area contributed by atoms with Gasteiger partial charge in [-0.1, -0.05) is 54.6 Å². The first-order chi connectivity index (χ1) is 12.4. The minimum atomic E-state index is -1.92. The van der Waals surface area contributed by atoms with E-state index in [1.165, 1.54) is 0 Å². The van der Waals surface area contributed by atoms with Crippen LogP contribution in [0.25, 0.3) is 0 Å². The standard InChI is InChI=1S/C19H24N4O3/c20-11-10-16(21)17(24)23-12-13-6-8-15(9-7-13)19(26,18(22)25)14-4-2-1-3-5-14/h1-9,16,26H,10-12,20-21H2,(H2,22,25)(H,23,24)/t16-,19?/m0/s1. The molecule has 8 N–H and O–H groups in total. The number of primary amides is 1. The number of benzene rings is 2. The fourth-order valence-corrected chi connectivity index (χ4v) is 2.63. The van der Waals surface area contributed by atoms with E-state index in [-0.39, 0.29) is 12.5 Å². The smallest absolute Gasteiger partial charge is 0.258 e. The lowest BCUT2D eigenvalue weighted by molar-refractivity contribution is -0.133. The van der Waals surface area contributed by atoms with Crippen molar-refractivity contribution in [2.45, 2.75) is 24.6 Å². The number of amides is 2. The molecular weight excluding hydrogens is 332 g/mol. The van der Waals surface area contributed by atoms with Crippen molar-refractivity contribution in [1.29, 1.82) is 0 Å². The van der Waals surface area contributed by atoms with Crippen LogP contribution in [0.15, 0.2) is 54.6 Å². The molecule has 1 unspecified atom stereocenters. The van der Waals surface area contributed by atoms with Gasteiger partial charge in [0.2, 0.25) is 5.91 Å². The summed E-state index contributed by atoms with van der Waals surface area (Å²) >= 11 is 0. The minimum Gasteiger partial charge on any atom is -0.372 e. The molecule has 7 nitrogen and oxygen atoms in total. The monoisotopic (exact) mass is 356 g/mol. The van der Waals surface area contributed by atoms with Crippen LogP contribution in [0.4, 0.5) is 0 Å². The fourth-order valence-electron chi connectivity index (χ4n) is 2.63. The summed E-state index contributed by atoms with van der Waals surface area (Å²) in [6, 6.07) is 14.5. The lowest BCUT2D eigenvalue weighted by Crippen LogP contribution is -2.42. The van der Waals surface area contributed by atoms with E-state index in [0.29, 0.717) is 24.1 Å². The molecule has 2 atom stereocenters. The van der Waals surface area contributed by atoms with Gasteiger partial charge < -0.3 is 27.6 Å². The zero-order chi connectivity index (χ0) is 19.2. The second kappa shape index (κ2) is 8.57. The number of hydrogen-bond acceptors (Lipinski definition) is 5. The first-order valence-corrected chi connectivity index (χ1v) is 8.30. The number of rotatable bonds is 8. The first kappa shape index (κ1) is 19.6. The lowest BCUT2D eigenvalue weighted by atomic mass is 9.85. The average Bonchev–Trinajstić information content (AvgIpc) is 2.66. The van der Waals surface area contributed by atoms with Gasteiger partial charge in [-0.3, -0.25) is 9.59 Å². The fraction of sp³-hybridized carbons (Fsp3) is 0.263. The summed E-state index contributed by atoms with van der Waals surface area (Å²) in [7, 11) is 0. The average molecular weight is 356 g/mol. The number of nitrogens with two attached hydrogens (primary N) is 3. The second-order valence-electron chi connectivity index (χ2n) is 6.04. The Morgan fingerprint density at radius 1 is 1.04 bits per heavy atom. The lowest BCUT2D eigenvalue weighted by Gasteiger charge is -2.26. The predicted molar refractivity (Wildman–Crippen MR) is 98.6 cm³/mol. The highest BCUT2D eigenvalue weighted by Gasteiger charge is 2.37. The predicted octanol–water partition coefficient (Wildman–Crippen LogP) is -0.300. The number of carbonyl (C=O) groups is 2. The molecule has 138 valence electrons. The molecule has 7 heteroatoms. The molecular formula is C19H24N4O3. The molecule has 0 radical (unpaired) electrons. The van der Waals surface area contributed by atoms with Crippen molar-refractivity contribution in [3.8, 4) is 0 Å². The zero-order valence-corrected chi connectivity index (χ0v) is 14.4. The molecule has 2 amide bonds. The van der Waals surface area contributed by atoms with Crippen LogP contribution in [-0.4, -0.2) is 29.5 Å². The molecule has 0 aliphatic carbocycles. The number of carbonyl (C=O) groups excluding carboxylic acids is 2. The third-order valence-electron chi connectivity index (χ3n) is 4.20. The van der Waals surface area contributed by atoms with Gasteiger partial charge in [0.15, 0.2) is 5.60 Å². The van der Waals surface area contributed by atoms with Gasteiger partial charge in [-0.2, -0.15) is 0 Å². The highest BCUT2D eigenvalue weighted by molar-refractivity contribution is 5.88. The topological polar surface area (TPSA) is 144 Å². The molecule has 2 aromatic rings. The van der Waals surface area contributed by atoms with E-state index in [4.69, 9.17) is 17.2 Å². The SMILES string of the molecule is NCC[C@H](N)C(=O)NCc1ccc(C(O)(C(N)=O)c2ccccc2)cc1. The van der Waals surface area contributed by atoms with Crippen LogP contribution in [-0.2, 0) is 21.7 Å². The van der Waals surface area contributed by atoms with E-state index in [1.807, 2.05) is 0 Å². The summed E-state index contributed by atoms with van der Waals surface area (Å²) in [6.07, 6.45) is 0.410. The van der Waals surface area contributed by atoms with Gasteiger partial charge in [0.25, 0.3) is 5.91 Å². The van der Waals surface area contributed by atoms with Gasteiger partial charge in [0, 0.05) is 6.54 Å². The summed E-state index contributed by atoms with van der Waals surface area (Å²) in [4.78, 5) is 23.8. The van der Waals surface area contributed by atoms with E-state index in [9.17, 15) is 14.7 Å². The molecule has 0 aromatic heterocycles. The Bertz CT molecular complexity index is 749. The van der Waals surface area contributed by atoms with Crippen LogP contribution in [0.5, 0.6) is 0 Å². The van der Waals surface area contributed by atoms with Crippen molar-refractivity contribution in [3.05, 3.63) is 71.3 Å². The van der Waals surface area contributed by atoms with Gasteiger partial charge in [-0.15, -0.1) is 0 Å². The molecule has 0 aliphatic rings. The number of hydrogen-bond donors (Lipinski definition) is 5. The maximum Gasteiger partial charge on any atom is 0.258 e. The Morgan fingerprint density at radius 2 is 1.62 bits per heavy atom. The Labute approximate surface area is 152 Å². The third kappa shape index (κ3) is 4.26. The van der Waals surface area contributed by atoms with Crippen LogP contribution >= 0.6 is 0 Å². The molecule has 0 saturated carbocycles. The summed E-state index contributed by atoms with van der Waals surface area (Å²) in [6.45, 7) is 0.617. The molecule has 2 rings (SSSR count). The van der Waals surface area contributed by atoms with E-state index >= 15 is 0 Å². The largest absolute Gasteiger partial charge is 0.372 e. The van der Waals surface area contributed by atoms with Crippen molar-refractivity contribution in [2.24, 2.45) is 17.2 Å². The van der Waals surface area contributed by atoms with Gasteiger partial charge in [-0.05, 0) is 29.7 Å². The highest BCUT2D eigenvalue weighted by Crippen LogP contribution is 2.29. The van der Waals surface area contributed by atoms with E-state index in [0.717, 1.165) is 5.56 Å². The van der Waals surface area contributed by atoms with Crippen molar-refractivity contribution < 1.29 is 14.7 Å². The Balaban J connectivity index is 2.15. The zero-order valence-electron chi connectivity index (χ0n) is 14.4. The molecule has 2 aromatic carbocycles. The maximum absolute atomic E-state index is 11.9. The van der Waals surface area contributed by atoms with Crippen LogP contribution in [0.3, 0.4) is 0 Å². The summed E-state index contributed by atoms with van der Waals surface area (Å²) < 4.78 is 0. The maximum atomic E-state index is 11.9. The van der Waals surface area contributed by atoms with E-state index in [2.05, 4.69) is 5.32 Å². The van der Waals surface area contributed by atoms with Gasteiger partial charge in [0.05, 0.1) is 6.04 Å². The second-order valence-corrected chi connectivity index (χ2v) is 6.04. The Morgan fingerprint density at radius 3 is 2.15 bits per heavy atom. The van der Waals surface area contributed by atoms with Crippen molar-refractivity contribution in [1.82, 2.24) is 5.32 Å². The third-order valence-corrected chi connectivity index (χ3v) is 4.20. The normalized spacial score (nSPS) is 14.3. The van der Waals surface area contributed by atoms with Crippen molar-refractivity contribution in [3.63, 3.8) is 0 Å². The quantitative estimate of drug-likeness (QED) is 0.441. The molecule has 0 spiro atoms. The molecule has 0 bridgehead atoms. The first-order valence-electron chi connectivity index (χ1n) is 8.30. The summed E-state index contributed by atoms with van der Waals surface area (Å²) in [5, 5.41) is 13.6. The van der Waals surface area contributed by atoms with Crippen LogP contribution < -0.4 is 22.5 Å².